The van der Waals surface area contributed by atoms with Crippen molar-refractivity contribution in [3.05, 3.63) is 72.2 Å². The predicted octanol–water partition coefficient (Wildman–Crippen LogP) is 2.58. The molecule has 0 spiro atoms. The van der Waals surface area contributed by atoms with E-state index < -0.39 is 15.7 Å². The van der Waals surface area contributed by atoms with Gasteiger partial charge in [-0.1, -0.05) is 18.2 Å². The molecular formula is C19H21N3O4S. The zero-order valence-electron chi connectivity index (χ0n) is 15.0. The molecule has 0 saturated carbocycles. The van der Waals surface area contributed by atoms with Crippen LogP contribution < -0.4 is 5.32 Å². The molecule has 7 nitrogen and oxygen atoms in total. The van der Waals surface area contributed by atoms with Crippen LogP contribution in [0.1, 0.15) is 28.4 Å². The highest BCUT2D eigenvalue weighted by atomic mass is 32.2. The fourth-order valence-corrected chi connectivity index (χ4v) is 4.11. The van der Waals surface area contributed by atoms with Crippen molar-refractivity contribution in [2.75, 3.05) is 6.54 Å². The molecule has 0 unspecified atom stereocenters. The Hall–Kier alpha value is -2.87. The van der Waals surface area contributed by atoms with E-state index in [4.69, 9.17) is 4.42 Å². The van der Waals surface area contributed by atoms with E-state index in [0.717, 1.165) is 18.8 Å². The Labute approximate surface area is 158 Å². The van der Waals surface area contributed by atoms with Crippen molar-refractivity contribution in [3.8, 4) is 0 Å². The standard InChI is InChI=1S/C19H21N3O4S/c1-15-20-10-12-22(15)11-5-9-21-19(23)18-16(8-13-26-18)14-27(24,25)17-6-3-2-4-7-17/h2-4,6-8,10,12-13H,5,9,11,14H2,1H3,(H,21,23). The highest BCUT2D eigenvalue weighted by Crippen LogP contribution is 2.19. The number of nitrogens with zero attached hydrogens (tertiary/aromatic N) is 2. The quantitative estimate of drug-likeness (QED) is 0.600. The maximum absolute atomic E-state index is 12.5. The molecule has 2 heterocycles. The van der Waals surface area contributed by atoms with E-state index in [-0.39, 0.29) is 16.4 Å². The van der Waals surface area contributed by atoms with Gasteiger partial charge in [-0.3, -0.25) is 4.79 Å². The molecule has 0 aliphatic rings. The molecule has 0 bridgehead atoms. The molecule has 8 heteroatoms. The molecule has 142 valence electrons. The van der Waals surface area contributed by atoms with Gasteiger partial charge in [-0.25, -0.2) is 13.4 Å². The fraction of sp³-hybridized carbons (Fsp3) is 0.263. The van der Waals surface area contributed by atoms with Gasteiger partial charge in [-0.15, -0.1) is 0 Å². The van der Waals surface area contributed by atoms with Gasteiger partial charge in [0.05, 0.1) is 16.9 Å². The summed E-state index contributed by atoms with van der Waals surface area (Å²) in [6, 6.07) is 9.67. The molecule has 1 N–H and O–H groups in total. The second kappa shape index (κ2) is 8.22. The topological polar surface area (TPSA) is 94.2 Å². The number of carbonyl (C=O) groups excluding carboxylic acids is 1. The number of carbonyl (C=O) groups is 1. The van der Waals surface area contributed by atoms with Crippen LogP contribution in [0.4, 0.5) is 0 Å². The second-order valence-electron chi connectivity index (χ2n) is 6.12. The van der Waals surface area contributed by atoms with Crippen LogP contribution in [0, 0.1) is 6.92 Å². The summed E-state index contributed by atoms with van der Waals surface area (Å²) in [5, 5.41) is 2.77. The summed E-state index contributed by atoms with van der Waals surface area (Å²) in [6.45, 7) is 3.10. The van der Waals surface area contributed by atoms with Gasteiger partial charge in [-0.05, 0) is 31.5 Å². The minimum atomic E-state index is -3.55. The molecule has 0 radical (unpaired) electrons. The van der Waals surface area contributed by atoms with E-state index in [9.17, 15) is 13.2 Å². The van der Waals surface area contributed by atoms with E-state index >= 15 is 0 Å². The highest BCUT2D eigenvalue weighted by Gasteiger charge is 2.22. The number of hydrogen-bond donors (Lipinski definition) is 1. The molecule has 1 amide bonds. The third-order valence-corrected chi connectivity index (χ3v) is 5.87. The zero-order chi connectivity index (χ0) is 19.3. The van der Waals surface area contributed by atoms with E-state index in [1.54, 1.807) is 24.4 Å². The summed E-state index contributed by atoms with van der Waals surface area (Å²) in [5.74, 6) is 0.250. The lowest BCUT2D eigenvalue weighted by Gasteiger charge is -2.08. The maximum atomic E-state index is 12.5. The van der Waals surface area contributed by atoms with Crippen molar-refractivity contribution >= 4 is 15.7 Å². The number of hydrogen-bond acceptors (Lipinski definition) is 5. The molecule has 3 aromatic rings. The number of aryl methyl sites for hydroxylation is 2. The second-order valence-corrected chi connectivity index (χ2v) is 8.11. The van der Waals surface area contributed by atoms with Gasteiger partial charge < -0.3 is 14.3 Å². The molecule has 0 aliphatic heterocycles. The van der Waals surface area contributed by atoms with Crippen molar-refractivity contribution in [3.63, 3.8) is 0 Å². The summed E-state index contributed by atoms with van der Waals surface area (Å²) < 4.78 is 32.3. The van der Waals surface area contributed by atoms with Gasteiger partial charge in [0.25, 0.3) is 5.91 Å². The Morgan fingerprint density at radius 1 is 1.22 bits per heavy atom. The smallest absolute Gasteiger partial charge is 0.287 e. The Morgan fingerprint density at radius 3 is 2.70 bits per heavy atom. The highest BCUT2D eigenvalue weighted by molar-refractivity contribution is 7.90. The summed E-state index contributed by atoms with van der Waals surface area (Å²) in [5.41, 5.74) is 0.349. The number of aromatic nitrogens is 2. The van der Waals surface area contributed by atoms with E-state index in [1.165, 1.54) is 24.5 Å². The number of rotatable bonds is 8. The van der Waals surface area contributed by atoms with Crippen LogP contribution in [-0.2, 0) is 22.1 Å². The van der Waals surface area contributed by atoms with Crippen molar-refractivity contribution in [2.45, 2.75) is 30.5 Å². The van der Waals surface area contributed by atoms with Crippen LogP contribution in [0.2, 0.25) is 0 Å². The summed E-state index contributed by atoms with van der Waals surface area (Å²) in [6.07, 6.45) is 5.67. The summed E-state index contributed by atoms with van der Waals surface area (Å²) in [7, 11) is -3.55. The molecule has 0 fully saturated rings. The predicted molar refractivity (Wildman–Crippen MR) is 100.0 cm³/mol. The van der Waals surface area contributed by atoms with Gasteiger partial charge in [0.2, 0.25) is 0 Å². The van der Waals surface area contributed by atoms with Crippen LogP contribution in [0.25, 0.3) is 0 Å². The molecule has 0 atom stereocenters. The maximum Gasteiger partial charge on any atom is 0.287 e. The fourth-order valence-electron chi connectivity index (χ4n) is 2.74. The first-order chi connectivity index (χ1) is 13.0. The Bertz CT molecular complexity index is 1010. The van der Waals surface area contributed by atoms with Crippen LogP contribution in [0.15, 0.2) is 64.4 Å². The zero-order valence-corrected chi connectivity index (χ0v) is 15.8. The van der Waals surface area contributed by atoms with E-state index in [1.807, 2.05) is 17.7 Å². The number of imidazole rings is 1. The number of amides is 1. The molecule has 1 aromatic carbocycles. The van der Waals surface area contributed by atoms with Crippen LogP contribution in [-0.4, -0.2) is 30.4 Å². The van der Waals surface area contributed by atoms with Crippen molar-refractivity contribution < 1.29 is 17.6 Å². The van der Waals surface area contributed by atoms with Crippen molar-refractivity contribution in [1.82, 2.24) is 14.9 Å². The first-order valence-electron chi connectivity index (χ1n) is 8.57. The molecule has 3 rings (SSSR count). The van der Waals surface area contributed by atoms with Crippen LogP contribution in [0.5, 0.6) is 0 Å². The van der Waals surface area contributed by atoms with Crippen molar-refractivity contribution in [2.24, 2.45) is 0 Å². The minimum absolute atomic E-state index is 0.0355. The summed E-state index contributed by atoms with van der Waals surface area (Å²) >= 11 is 0. The minimum Gasteiger partial charge on any atom is -0.459 e. The first-order valence-corrected chi connectivity index (χ1v) is 10.2. The van der Waals surface area contributed by atoms with E-state index in [0.29, 0.717) is 12.1 Å². The van der Waals surface area contributed by atoms with Crippen LogP contribution in [0.3, 0.4) is 0 Å². The Balaban J connectivity index is 1.59. The van der Waals surface area contributed by atoms with Crippen molar-refractivity contribution in [1.29, 1.82) is 0 Å². The van der Waals surface area contributed by atoms with Gasteiger partial charge in [0, 0.05) is 31.0 Å². The number of nitrogens with one attached hydrogen (secondary N) is 1. The number of benzene rings is 1. The lowest BCUT2D eigenvalue weighted by atomic mass is 10.2. The first kappa shape index (κ1) is 18.9. The molecule has 0 saturated heterocycles. The van der Waals surface area contributed by atoms with Gasteiger partial charge >= 0.3 is 0 Å². The Kier molecular flexibility index (Phi) is 5.75. The van der Waals surface area contributed by atoms with Crippen LogP contribution >= 0.6 is 0 Å². The SMILES string of the molecule is Cc1nccn1CCCNC(=O)c1occc1CS(=O)(=O)c1ccccc1. The number of sulfone groups is 1. The average Bonchev–Trinajstić information content (AvgIpc) is 3.28. The normalized spacial score (nSPS) is 11.4. The van der Waals surface area contributed by atoms with Gasteiger partial charge in [-0.2, -0.15) is 0 Å². The monoisotopic (exact) mass is 387 g/mol. The largest absolute Gasteiger partial charge is 0.459 e. The lowest BCUT2D eigenvalue weighted by molar-refractivity contribution is 0.0924. The molecule has 27 heavy (non-hydrogen) atoms. The molecule has 2 aromatic heterocycles. The Morgan fingerprint density at radius 2 is 2.00 bits per heavy atom. The third kappa shape index (κ3) is 4.65. The molecule has 0 aliphatic carbocycles. The molecular weight excluding hydrogens is 366 g/mol. The van der Waals surface area contributed by atoms with Gasteiger partial charge in [0.1, 0.15) is 5.82 Å². The summed E-state index contributed by atoms with van der Waals surface area (Å²) in [4.78, 5) is 16.7. The van der Waals surface area contributed by atoms with E-state index in [2.05, 4.69) is 10.3 Å². The van der Waals surface area contributed by atoms with Gasteiger partial charge in [0.15, 0.2) is 15.6 Å². The average molecular weight is 387 g/mol. The third-order valence-electron chi connectivity index (χ3n) is 4.19. The number of furan rings is 1. The lowest BCUT2D eigenvalue weighted by Crippen LogP contribution is -2.26.